The molecule has 1 aliphatic rings. The minimum Gasteiger partial charge on any atom is -0.322 e. The summed E-state index contributed by atoms with van der Waals surface area (Å²) in [7, 11) is 0. The van der Waals surface area contributed by atoms with Crippen molar-refractivity contribution in [2.45, 2.75) is 18.9 Å². The van der Waals surface area contributed by atoms with Gasteiger partial charge in [0.05, 0.1) is 11.7 Å². The van der Waals surface area contributed by atoms with Crippen LogP contribution in [0.3, 0.4) is 0 Å². The van der Waals surface area contributed by atoms with Crippen LogP contribution in [0.1, 0.15) is 18.9 Å². The molecule has 1 atom stereocenters. The number of para-hydroxylation sites is 1. The van der Waals surface area contributed by atoms with Crippen LogP contribution in [0, 0.1) is 0 Å². The fraction of sp³-hybridized carbons (Fsp3) is 0.263. The molecule has 0 radical (unpaired) electrons. The Morgan fingerprint density at radius 1 is 1.12 bits per heavy atom. The lowest BCUT2D eigenvalue weighted by molar-refractivity contribution is 0.174. The molecule has 0 spiro atoms. The quantitative estimate of drug-likeness (QED) is 0.788. The minimum atomic E-state index is -0.0867. The molecule has 1 fully saturated rings. The van der Waals surface area contributed by atoms with Gasteiger partial charge in [0.1, 0.15) is 12.7 Å². The Bertz CT molecular complexity index is 865. The largest absolute Gasteiger partial charge is 0.322 e. The smallest absolute Gasteiger partial charge is 0.321 e. The highest BCUT2D eigenvalue weighted by atomic mass is 16.2. The number of hydrogen-bond donors (Lipinski definition) is 1. The van der Waals surface area contributed by atoms with E-state index in [1.807, 2.05) is 46.0 Å². The van der Waals surface area contributed by atoms with Crippen molar-refractivity contribution in [1.29, 1.82) is 0 Å². The second-order valence-electron chi connectivity index (χ2n) is 6.33. The highest BCUT2D eigenvalue weighted by Crippen LogP contribution is 2.28. The third-order valence-electron chi connectivity index (χ3n) is 4.65. The maximum Gasteiger partial charge on any atom is 0.321 e. The van der Waals surface area contributed by atoms with Crippen molar-refractivity contribution < 1.29 is 4.79 Å². The van der Waals surface area contributed by atoms with Gasteiger partial charge in [-0.15, -0.1) is 0 Å². The lowest BCUT2D eigenvalue weighted by atomic mass is 10.0. The van der Waals surface area contributed by atoms with Gasteiger partial charge >= 0.3 is 6.03 Å². The van der Waals surface area contributed by atoms with Gasteiger partial charge in [-0.2, -0.15) is 5.10 Å². The van der Waals surface area contributed by atoms with Gasteiger partial charge in [0, 0.05) is 31.0 Å². The van der Waals surface area contributed by atoms with Crippen molar-refractivity contribution in [2.75, 3.05) is 18.4 Å². The Balaban J connectivity index is 1.50. The molecule has 2 aromatic heterocycles. The number of likely N-dealkylation sites (tertiary alicyclic amines) is 1. The topological polar surface area (TPSA) is 75.9 Å². The Labute approximate surface area is 151 Å². The Morgan fingerprint density at radius 3 is 2.77 bits per heavy atom. The first-order valence-corrected chi connectivity index (χ1v) is 8.71. The molecule has 7 nitrogen and oxygen atoms in total. The monoisotopic (exact) mass is 348 g/mol. The number of pyridine rings is 1. The molecule has 1 aliphatic heterocycles. The number of rotatable bonds is 3. The van der Waals surface area contributed by atoms with Crippen LogP contribution in [-0.4, -0.2) is 43.8 Å². The predicted molar refractivity (Wildman–Crippen MR) is 98.6 cm³/mol. The molecule has 0 aliphatic carbocycles. The van der Waals surface area contributed by atoms with Crippen LogP contribution in [0.15, 0.2) is 61.4 Å². The van der Waals surface area contributed by atoms with E-state index in [0.717, 1.165) is 36.2 Å². The summed E-state index contributed by atoms with van der Waals surface area (Å²) in [5.41, 5.74) is 2.80. The Kier molecular flexibility index (Phi) is 4.59. The zero-order valence-electron chi connectivity index (χ0n) is 14.3. The number of anilines is 1. The number of carbonyl (C=O) groups is 1. The van der Waals surface area contributed by atoms with Gasteiger partial charge in [0.2, 0.25) is 0 Å². The highest BCUT2D eigenvalue weighted by Gasteiger charge is 2.25. The van der Waals surface area contributed by atoms with Crippen LogP contribution in [0.4, 0.5) is 10.5 Å². The van der Waals surface area contributed by atoms with E-state index in [1.165, 1.54) is 6.33 Å². The van der Waals surface area contributed by atoms with E-state index in [1.54, 1.807) is 18.7 Å². The molecule has 1 aromatic carbocycles. The second kappa shape index (κ2) is 7.35. The fourth-order valence-electron chi connectivity index (χ4n) is 3.33. The van der Waals surface area contributed by atoms with Crippen molar-refractivity contribution in [3.63, 3.8) is 0 Å². The van der Waals surface area contributed by atoms with E-state index >= 15 is 0 Å². The normalized spacial score (nSPS) is 17.1. The Morgan fingerprint density at radius 2 is 1.96 bits per heavy atom. The number of urea groups is 1. The molecular formula is C19H20N6O. The molecule has 4 rings (SSSR count). The summed E-state index contributed by atoms with van der Waals surface area (Å²) in [6.45, 7) is 1.38. The average Bonchev–Trinajstić information content (AvgIpc) is 3.24. The number of benzene rings is 1. The molecule has 26 heavy (non-hydrogen) atoms. The summed E-state index contributed by atoms with van der Waals surface area (Å²) >= 11 is 0. The van der Waals surface area contributed by atoms with Crippen LogP contribution >= 0.6 is 0 Å². The molecule has 0 saturated carbocycles. The highest BCUT2D eigenvalue weighted by molar-refractivity contribution is 5.94. The summed E-state index contributed by atoms with van der Waals surface area (Å²) in [6.07, 6.45) is 8.70. The zero-order chi connectivity index (χ0) is 17.8. The summed E-state index contributed by atoms with van der Waals surface area (Å²) in [5.74, 6) is 0. The van der Waals surface area contributed by atoms with Gasteiger partial charge in [-0.1, -0.05) is 18.2 Å². The van der Waals surface area contributed by atoms with Crippen LogP contribution < -0.4 is 5.32 Å². The molecule has 132 valence electrons. The maximum absolute atomic E-state index is 12.8. The number of nitrogens with one attached hydrogen (secondary N) is 1. The van der Waals surface area contributed by atoms with E-state index in [9.17, 15) is 4.79 Å². The molecule has 3 heterocycles. The number of amides is 2. The fourth-order valence-corrected chi connectivity index (χ4v) is 3.33. The second-order valence-corrected chi connectivity index (χ2v) is 6.33. The number of aromatic nitrogens is 4. The molecule has 0 bridgehead atoms. The Hall–Kier alpha value is -3.22. The third-order valence-corrected chi connectivity index (χ3v) is 4.65. The van der Waals surface area contributed by atoms with Gasteiger partial charge < -0.3 is 10.2 Å². The van der Waals surface area contributed by atoms with Crippen LogP contribution in [0.5, 0.6) is 0 Å². The molecule has 7 heteroatoms. The zero-order valence-corrected chi connectivity index (χ0v) is 14.3. The van der Waals surface area contributed by atoms with E-state index < -0.39 is 0 Å². The summed E-state index contributed by atoms with van der Waals surface area (Å²) in [4.78, 5) is 22.7. The lowest BCUT2D eigenvalue weighted by Gasteiger charge is -2.32. The standard InChI is InChI=1S/C19H20N6O/c26-19(24-11-3-4-16(12-24)25-14-21-13-22-25)23-18-6-2-1-5-17(18)15-7-9-20-10-8-15/h1-2,5-10,13-14,16H,3-4,11-12H2,(H,23,26)/t16-/m0/s1. The number of piperidine rings is 1. The molecule has 1 saturated heterocycles. The van der Waals surface area contributed by atoms with Gasteiger partial charge in [-0.25, -0.2) is 14.5 Å². The van der Waals surface area contributed by atoms with Crippen molar-refractivity contribution in [1.82, 2.24) is 24.6 Å². The molecular weight excluding hydrogens is 328 g/mol. The van der Waals surface area contributed by atoms with E-state index in [-0.39, 0.29) is 12.1 Å². The number of carbonyl (C=O) groups excluding carboxylic acids is 1. The van der Waals surface area contributed by atoms with E-state index in [2.05, 4.69) is 20.4 Å². The summed E-state index contributed by atoms with van der Waals surface area (Å²) < 4.78 is 1.84. The lowest BCUT2D eigenvalue weighted by Crippen LogP contribution is -2.43. The molecule has 2 amide bonds. The van der Waals surface area contributed by atoms with Gasteiger partial charge in [0.25, 0.3) is 0 Å². The third kappa shape index (κ3) is 3.42. The first-order valence-electron chi connectivity index (χ1n) is 8.71. The summed E-state index contributed by atoms with van der Waals surface area (Å²) in [6, 6.07) is 11.8. The van der Waals surface area contributed by atoms with Crippen molar-refractivity contribution in [2.24, 2.45) is 0 Å². The van der Waals surface area contributed by atoms with Crippen LogP contribution in [0.2, 0.25) is 0 Å². The van der Waals surface area contributed by atoms with Crippen molar-refractivity contribution in [3.05, 3.63) is 61.4 Å². The molecule has 0 unspecified atom stereocenters. The molecule has 3 aromatic rings. The van der Waals surface area contributed by atoms with E-state index in [4.69, 9.17) is 0 Å². The van der Waals surface area contributed by atoms with Crippen LogP contribution in [-0.2, 0) is 0 Å². The average molecular weight is 348 g/mol. The SMILES string of the molecule is O=C(Nc1ccccc1-c1ccncc1)N1CCC[C@H](n2cncn2)C1. The number of hydrogen-bond acceptors (Lipinski definition) is 4. The molecule has 1 N–H and O–H groups in total. The van der Waals surface area contributed by atoms with Gasteiger partial charge in [-0.05, 0) is 36.6 Å². The van der Waals surface area contributed by atoms with Crippen LogP contribution in [0.25, 0.3) is 11.1 Å². The first kappa shape index (κ1) is 16.3. The number of nitrogens with zero attached hydrogens (tertiary/aromatic N) is 5. The maximum atomic E-state index is 12.8. The van der Waals surface area contributed by atoms with Crippen molar-refractivity contribution >= 4 is 11.7 Å². The van der Waals surface area contributed by atoms with Crippen molar-refractivity contribution in [3.8, 4) is 11.1 Å². The van der Waals surface area contributed by atoms with Gasteiger partial charge in [0.15, 0.2) is 0 Å². The minimum absolute atomic E-state index is 0.0867. The van der Waals surface area contributed by atoms with E-state index in [0.29, 0.717) is 6.54 Å². The first-order chi connectivity index (χ1) is 12.8. The summed E-state index contributed by atoms with van der Waals surface area (Å²) in [5, 5.41) is 7.28. The van der Waals surface area contributed by atoms with Gasteiger partial charge in [-0.3, -0.25) is 4.98 Å². The predicted octanol–water partition coefficient (Wildman–Crippen LogP) is 3.21.